The molecule has 0 spiro atoms. The fourth-order valence-corrected chi connectivity index (χ4v) is 3.72. The number of hydrogen-bond acceptors (Lipinski definition) is 6. The molecule has 1 aliphatic heterocycles. The van der Waals surface area contributed by atoms with E-state index in [0.29, 0.717) is 38.4 Å². The van der Waals surface area contributed by atoms with Crippen LogP contribution in [0.3, 0.4) is 0 Å². The van der Waals surface area contributed by atoms with Crippen molar-refractivity contribution < 1.29 is 9.59 Å². The molecule has 0 saturated carbocycles. The Morgan fingerprint density at radius 3 is 2.29 bits per heavy atom. The highest BCUT2D eigenvalue weighted by atomic mass is 35.5. The van der Waals surface area contributed by atoms with Gasteiger partial charge in [0.05, 0.1) is 51.3 Å². The first kappa shape index (κ1) is 24.3. The molecule has 0 saturated heterocycles. The van der Waals surface area contributed by atoms with Gasteiger partial charge < -0.3 is 21.7 Å². The first-order valence-electron chi connectivity index (χ1n) is 10.1. The van der Waals surface area contributed by atoms with Crippen molar-refractivity contribution in [2.45, 2.75) is 0 Å². The number of nitrogens with two attached hydrogens (primary N) is 1. The fourth-order valence-electron chi connectivity index (χ4n) is 3.15. The summed E-state index contributed by atoms with van der Waals surface area (Å²) in [6.07, 6.45) is 2.93. The van der Waals surface area contributed by atoms with Crippen LogP contribution >= 0.6 is 34.8 Å². The van der Waals surface area contributed by atoms with Crippen molar-refractivity contribution in [1.82, 2.24) is 9.97 Å². The Bertz CT molecular complexity index is 1430. The van der Waals surface area contributed by atoms with Crippen LogP contribution in [0, 0.1) is 0 Å². The summed E-state index contributed by atoms with van der Waals surface area (Å²) in [5, 5.41) is 9.53. The number of carbonyl (C=O) groups is 2. The van der Waals surface area contributed by atoms with Crippen LogP contribution in [0.2, 0.25) is 15.3 Å². The molecular weight excluding hydrogens is 511 g/mol. The maximum Gasteiger partial charge on any atom is 0.257 e. The highest BCUT2D eigenvalue weighted by Crippen LogP contribution is 2.32. The topological polar surface area (TPSA) is 122 Å². The van der Waals surface area contributed by atoms with Gasteiger partial charge in [0.2, 0.25) is 0 Å². The molecule has 11 heteroatoms. The predicted molar refractivity (Wildman–Crippen MR) is 140 cm³/mol. The number of benzene rings is 2. The summed E-state index contributed by atoms with van der Waals surface area (Å²) >= 11 is 17.4. The molecule has 0 radical (unpaired) electrons. The van der Waals surface area contributed by atoms with Crippen LogP contribution in [-0.2, 0) is 0 Å². The van der Waals surface area contributed by atoms with Gasteiger partial charge in [0.25, 0.3) is 11.8 Å². The molecule has 2 amide bonds. The Morgan fingerprint density at radius 2 is 1.51 bits per heavy atom. The molecular formula is C24H17Cl3N6O2. The number of amides is 2. The minimum absolute atomic E-state index is 0.157. The average Bonchev–Trinajstić information content (AvgIpc) is 2.97. The number of halogens is 3. The van der Waals surface area contributed by atoms with Crippen LogP contribution in [0.4, 0.5) is 28.4 Å². The summed E-state index contributed by atoms with van der Waals surface area (Å²) in [6, 6.07) is 17.2. The number of para-hydroxylation sites is 2. The molecule has 5 N–H and O–H groups in total. The monoisotopic (exact) mass is 526 g/mol. The van der Waals surface area contributed by atoms with Crippen LogP contribution in [0.15, 0.2) is 73.1 Å². The van der Waals surface area contributed by atoms with Gasteiger partial charge in [-0.2, -0.15) is 0 Å². The Morgan fingerprint density at radius 1 is 0.829 bits per heavy atom. The molecule has 2 aromatic heterocycles. The highest BCUT2D eigenvalue weighted by Gasteiger charge is 2.18. The lowest BCUT2D eigenvalue weighted by molar-refractivity contribution is 0.101. The van der Waals surface area contributed by atoms with Crippen molar-refractivity contribution in [1.29, 1.82) is 0 Å². The van der Waals surface area contributed by atoms with Gasteiger partial charge in [0.1, 0.15) is 10.3 Å². The van der Waals surface area contributed by atoms with Gasteiger partial charge in [-0.25, -0.2) is 9.97 Å². The molecule has 4 aromatic rings. The van der Waals surface area contributed by atoms with E-state index in [4.69, 9.17) is 40.5 Å². The zero-order valence-corrected chi connectivity index (χ0v) is 20.1. The van der Waals surface area contributed by atoms with Crippen LogP contribution < -0.4 is 21.7 Å². The van der Waals surface area contributed by atoms with Gasteiger partial charge in [0.15, 0.2) is 0 Å². The summed E-state index contributed by atoms with van der Waals surface area (Å²) in [7, 11) is 0. The molecule has 3 heterocycles. The molecule has 0 unspecified atom stereocenters. The Balaban J connectivity index is 0.000000165. The van der Waals surface area contributed by atoms with Crippen molar-refractivity contribution in [2.75, 3.05) is 21.7 Å². The van der Waals surface area contributed by atoms with E-state index < -0.39 is 0 Å². The Hall–Kier alpha value is -3.85. The molecule has 5 rings (SSSR count). The van der Waals surface area contributed by atoms with Gasteiger partial charge in [-0.3, -0.25) is 9.59 Å². The standard InChI is InChI=1S/C12H9Cl2N3O.C12H8ClN3O/c13-8-5-11(14)16-6-10(8)17-12(18)7-3-1-2-4-9(7)15;13-11-5-9-10(6-14-11)16-12(17)7-3-1-2-4-8(7)15-9/h1-6H,15H2,(H,17,18);1-6,15H,(H,16,17). The van der Waals surface area contributed by atoms with Crippen LogP contribution in [0.25, 0.3) is 0 Å². The molecule has 0 atom stereocenters. The van der Waals surface area contributed by atoms with E-state index in [0.717, 1.165) is 11.4 Å². The van der Waals surface area contributed by atoms with Crippen molar-refractivity contribution >= 4 is 75.1 Å². The number of nitrogens with one attached hydrogen (secondary N) is 3. The lowest BCUT2D eigenvalue weighted by Crippen LogP contribution is -2.14. The van der Waals surface area contributed by atoms with E-state index in [-0.39, 0.29) is 17.0 Å². The molecule has 8 nitrogen and oxygen atoms in total. The van der Waals surface area contributed by atoms with Gasteiger partial charge in [-0.1, -0.05) is 59.1 Å². The Kier molecular flexibility index (Phi) is 7.36. The summed E-state index contributed by atoms with van der Waals surface area (Å²) in [6.45, 7) is 0. The van der Waals surface area contributed by atoms with Crippen LogP contribution in [0.1, 0.15) is 20.7 Å². The van der Waals surface area contributed by atoms with E-state index in [2.05, 4.69) is 25.9 Å². The molecule has 0 fully saturated rings. The zero-order chi connectivity index (χ0) is 24.9. The van der Waals surface area contributed by atoms with Crippen LogP contribution in [0.5, 0.6) is 0 Å². The number of nitrogens with zero attached hydrogens (tertiary/aromatic N) is 2. The summed E-state index contributed by atoms with van der Waals surface area (Å²) in [5.74, 6) is -0.505. The predicted octanol–water partition coefficient (Wildman–Crippen LogP) is 6.27. The molecule has 176 valence electrons. The minimum atomic E-state index is -0.348. The quantitative estimate of drug-likeness (QED) is 0.180. The number of fused-ring (bicyclic) bond motifs is 2. The van der Waals surface area contributed by atoms with Crippen LogP contribution in [-0.4, -0.2) is 21.8 Å². The van der Waals surface area contributed by atoms with Crippen molar-refractivity contribution in [2.24, 2.45) is 0 Å². The third-order valence-electron chi connectivity index (χ3n) is 4.83. The number of carbonyl (C=O) groups excluding carboxylic acids is 2. The third kappa shape index (κ3) is 5.81. The summed E-state index contributed by atoms with van der Waals surface area (Å²) in [5.41, 5.74) is 9.58. The third-order valence-corrected chi connectivity index (χ3v) is 5.56. The molecule has 1 aliphatic rings. The minimum Gasteiger partial charge on any atom is -0.398 e. The molecule has 0 bridgehead atoms. The van der Waals surface area contributed by atoms with Gasteiger partial charge in [0, 0.05) is 11.8 Å². The van der Waals surface area contributed by atoms with Crippen molar-refractivity contribution in [3.05, 3.63) is 99.5 Å². The molecule has 2 aromatic carbocycles. The molecule has 35 heavy (non-hydrogen) atoms. The first-order valence-corrected chi connectivity index (χ1v) is 11.2. The zero-order valence-electron chi connectivity index (χ0n) is 17.9. The number of hydrogen-bond donors (Lipinski definition) is 4. The maximum absolute atomic E-state index is 12.0. The fraction of sp³-hybridized carbons (Fsp3) is 0. The first-order chi connectivity index (χ1) is 16.8. The number of rotatable bonds is 2. The highest BCUT2D eigenvalue weighted by molar-refractivity contribution is 6.36. The Labute approximate surface area is 215 Å². The number of aromatic nitrogens is 2. The smallest absolute Gasteiger partial charge is 0.257 e. The van der Waals surface area contributed by atoms with E-state index >= 15 is 0 Å². The number of nitrogen functional groups attached to an aromatic ring is 1. The lowest BCUT2D eigenvalue weighted by Gasteiger charge is -2.08. The van der Waals surface area contributed by atoms with Gasteiger partial charge >= 0.3 is 0 Å². The summed E-state index contributed by atoms with van der Waals surface area (Å²) < 4.78 is 0. The SMILES string of the molecule is Nc1ccccc1C(=O)Nc1cnc(Cl)cc1Cl.O=C1Nc2cnc(Cl)cc2Nc2ccccc21. The van der Waals surface area contributed by atoms with E-state index in [1.165, 1.54) is 18.5 Å². The summed E-state index contributed by atoms with van der Waals surface area (Å²) in [4.78, 5) is 31.7. The van der Waals surface area contributed by atoms with Crippen molar-refractivity contribution in [3.8, 4) is 0 Å². The number of anilines is 5. The molecule has 0 aliphatic carbocycles. The second-order valence-corrected chi connectivity index (χ2v) is 8.39. The van der Waals surface area contributed by atoms with Gasteiger partial charge in [-0.05, 0) is 30.3 Å². The maximum atomic E-state index is 12.0. The second kappa shape index (κ2) is 10.6. The normalized spacial score (nSPS) is 11.5. The average molecular weight is 528 g/mol. The largest absolute Gasteiger partial charge is 0.398 e. The lowest BCUT2D eigenvalue weighted by atomic mass is 10.1. The van der Waals surface area contributed by atoms with Crippen molar-refractivity contribution in [3.63, 3.8) is 0 Å². The number of pyridine rings is 2. The van der Waals surface area contributed by atoms with E-state index in [9.17, 15) is 9.59 Å². The van der Waals surface area contributed by atoms with E-state index in [1.807, 2.05) is 18.2 Å². The van der Waals surface area contributed by atoms with E-state index in [1.54, 1.807) is 36.4 Å². The van der Waals surface area contributed by atoms with Gasteiger partial charge in [-0.15, -0.1) is 0 Å². The second-order valence-electron chi connectivity index (χ2n) is 7.21.